The van der Waals surface area contributed by atoms with Gasteiger partial charge in [0.1, 0.15) is 5.00 Å². The molecular formula is C23H29N3O3S2. The van der Waals surface area contributed by atoms with E-state index in [1.54, 1.807) is 16.2 Å². The van der Waals surface area contributed by atoms with Crippen LogP contribution in [0.2, 0.25) is 0 Å². The molecule has 166 valence electrons. The van der Waals surface area contributed by atoms with Crippen LogP contribution < -0.4 is 0 Å². The van der Waals surface area contributed by atoms with Gasteiger partial charge in [0.25, 0.3) is 5.91 Å². The summed E-state index contributed by atoms with van der Waals surface area (Å²) in [7, 11) is 0. The molecule has 0 unspecified atom stereocenters. The number of aromatic nitrogens is 1. The summed E-state index contributed by atoms with van der Waals surface area (Å²) in [6, 6.07) is 2.06. The Morgan fingerprint density at radius 1 is 1.19 bits per heavy atom. The van der Waals surface area contributed by atoms with E-state index in [0.29, 0.717) is 30.2 Å². The Hall–Kier alpha value is -2.32. The molecule has 2 aromatic heterocycles. The number of thioether (sulfide) groups is 1. The number of esters is 1. The molecular weight excluding hydrogens is 430 g/mol. The van der Waals surface area contributed by atoms with E-state index in [-0.39, 0.29) is 11.9 Å². The first-order valence-electron chi connectivity index (χ1n) is 10.5. The SMILES string of the molecule is CCN=C1S/C(=C\c2cc(C)n(-c3sc(C)c(C)c3C(=O)OCC)c2C)C(=O)N1CC. The predicted octanol–water partition coefficient (Wildman–Crippen LogP) is 5.26. The van der Waals surface area contributed by atoms with Crippen molar-refractivity contribution in [2.24, 2.45) is 4.99 Å². The number of rotatable bonds is 6. The molecule has 2 aromatic rings. The molecule has 1 saturated heterocycles. The molecule has 1 aliphatic heterocycles. The lowest BCUT2D eigenvalue weighted by Gasteiger charge is -2.11. The van der Waals surface area contributed by atoms with Gasteiger partial charge in [-0.05, 0) is 83.5 Å². The van der Waals surface area contributed by atoms with E-state index < -0.39 is 0 Å². The van der Waals surface area contributed by atoms with E-state index in [2.05, 4.69) is 15.6 Å². The van der Waals surface area contributed by atoms with E-state index in [1.165, 1.54) is 11.8 Å². The van der Waals surface area contributed by atoms with Crippen LogP contribution >= 0.6 is 23.1 Å². The molecule has 0 radical (unpaired) electrons. The number of aryl methyl sites for hydroxylation is 2. The number of carbonyl (C=O) groups is 2. The zero-order chi connectivity index (χ0) is 22.9. The van der Waals surface area contributed by atoms with Crippen molar-refractivity contribution in [1.29, 1.82) is 0 Å². The number of likely N-dealkylation sites (N-methyl/N-ethyl adjacent to an activating group) is 1. The molecule has 6 nitrogen and oxygen atoms in total. The van der Waals surface area contributed by atoms with Gasteiger partial charge in [-0.15, -0.1) is 11.3 Å². The Labute approximate surface area is 192 Å². The fraction of sp³-hybridized carbons (Fsp3) is 0.435. The maximum atomic E-state index is 12.9. The first kappa shape index (κ1) is 23.3. The smallest absolute Gasteiger partial charge is 0.341 e. The van der Waals surface area contributed by atoms with Crippen molar-refractivity contribution < 1.29 is 14.3 Å². The maximum absolute atomic E-state index is 12.9. The van der Waals surface area contributed by atoms with Crippen molar-refractivity contribution in [2.75, 3.05) is 19.7 Å². The third-order valence-electron chi connectivity index (χ3n) is 5.30. The molecule has 0 spiro atoms. The Kier molecular flexibility index (Phi) is 7.11. The summed E-state index contributed by atoms with van der Waals surface area (Å²) in [5, 5.41) is 1.62. The van der Waals surface area contributed by atoms with Gasteiger partial charge in [-0.1, -0.05) is 0 Å². The van der Waals surface area contributed by atoms with Gasteiger partial charge in [-0.25, -0.2) is 4.79 Å². The van der Waals surface area contributed by atoms with Gasteiger partial charge in [0.05, 0.1) is 17.1 Å². The first-order valence-corrected chi connectivity index (χ1v) is 12.1. The standard InChI is InChI=1S/C23H29N3O3S2/c1-8-24-23-25(9-2)20(27)18(31-23)12-17-11-13(4)26(15(17)6)21-19(22(28)29-10-3)14(5)16(7)30-21/h11-12H,8-10H2,1-7H3/b18-12-,24-23?. The van der Waals surface area contributed by atoms with Crippen molar-refractivity contribution in [3.05, 3.63) is 43.9 Å². The third-order valence-corrected chi connectivity index (χ3v) is 7.54. The van der Waals surface area contributed by atoms with Gasteiger partial charge in [-0.2, -0.15) is 0 Å². The topological polar surface area (TPSA) is 63.9 Å². The lowest BCUT2D eigenvalue weighted by Crippen LogP contribution is -2.28. The highest BCUT2D eigenvalue weighted by atomic mass is 32.2. The average Bonchev–Trinajstić information content (AvgIpc) is 3.28. The predicted molar refractivity (Wildman–Crippen MR) is 129 cm³/mol. The number of nitrogens with zero attached hydrogens (tertiary/aromatic N) is 3. The van der Waals surface area contributed by atoms with E-state index in [9.17, 15) is 9.59 Å². The minimum atomic E-state index is -0.299. The number of aliphatic imine (C=N–C) groups is 1. The van der Waals surface area contributed by atoms with Crippen LogP contribution in [-0.2, 0) is 9.53 Å². The van der Waals surface area contributed by atoms with E-state index >= 15 is 0 Å². The molecule has 1 aliphatic rings. The number of hydrogen-bond acceptors (Lipinski definition) is 6. The number of amides is 1. The summed E-state index contributed by atoms with van der Waals surface area (Å²) >= 11 is 3.00. The number of amidine groups is 1. The Balaban J connectivity index is 2.09. The monoisotopic (exact) mass is 459 g/mol. The van der Waals surface area contributed by atoms with E-state index in [4.69, 9.17) is 4.74 Å². The highest BCUT2D eigenvalue weighted by Crippen LogP contribution is 2.37. The minimum absolute atomic E-state index is 0.0143. The molecule has 1 fully saturated rings. The zero-order valence-corrected chi connectivity index (χ0v) is 20.8. The molecule has 8 heteroatoms. The van der Waals surface area contributed by atoms with Crippen molar-refractivity contribution >= 4 is 46.2 Å². The molecule has 0 atom stereocenters. The van der Waals surface area contributed by atoms with Gasteiger partial charge in [0.15, 0.2) is 5.17 Å². The molecule has 1 amide bonds. The van der Waals surface area contributed by atoms with Crippen LogP contribution in [0.5, 0.6) is 0 Å². The maximum Gasteiger partial charge on any atom is 0.341 e. The summed E-state index contributed by atoms with van der Waals surface area (Å²) in [5.74, 6) is -0.313. The fourth-order valence-electron chi connectivity index (χ4n) is 3.64. The number of carbonyl (C=O) groups excluding carboxylic acids is 2. The molecule has 0 aliphatic carbocycles. The molecule has 0 N–H and O–H groups in total. The quantitative estimate of drug-likeness (QED) is 0.437. The minimum Gasteiger partial charge on any atom is -0.462 e. The summed E-state index contributed by atoms with van der Waals surface area (Å²) in [5.41, 5.74) is 4.51. The van der Waals surface area contributed by atoms with Crippen LogP contribution in [0.1, 0.15) is 58.5 Å². The highest BCUT2D eigenvalue weighted by molar-refractivity contribution is 8.18. The Morgan fingerprint density at radius 2 is 1.90 bits per heavy atom. The molecule has 31 heavy (non-hydrogen) atoms. The summed E-state index contributed by atoms with van der Waals surface area (Å²) in [6.07, 6.45) is 1.93. The summed E-state index contributed by atoms with van der Waals surface area (Å²) < 4.78 is 7.42. The van der Waals surface area contributed by atoms with E-state index in [0.717, 1.165) is 37.6 Å². The first-order chi connectivity index (χ1) is 14.7. The normalized spacial score (nSPS) is 16.7. The van der Waals surface area contributed by atoms with Crippen LogP contribution in [0, 0.1) is 27.7 Å². The van der Waals surface area contributed by atoms with Crippen molar-refractivity contribution in [3.63, 3.8) is 0 Å². The van der Waals surface area contributed by atoms with E-state index in [1.807, 2.05) is 54.5 Å². The van der Waals surface area contributed by atoms with Crippen LogP contribution in [0.25, 0.3) is 11.1 Å². The second-order valence-electron chi connectivity index (χ2n) is 7.26. The number of thiophene rings is 1. The van der Waals surface area contributed by atoms with Crippen LogP contribution in [0.3, 0.4) is 0 Å². The molecule has 0 saturated carbocycles. The molecule has 3 heterocycles. The van der Waals surface area contributed by atoms with Crippen LogP contribution in [0.15, 0.2) is 16.0 Å². The Morgan fingerprint density at radius 3 is 2.52 bits per heavy atom. The van der Waals surface area contributed by atoms with Gasteiger partial charge in [0, 0.05) is 29.4 Å². The second-order valence-corrected chi connectivity index (χ2v) is 9.48. The van der Waals surface area contributed by atoms with Gasteiger partial charge in [0.2, 0.25) is 0 Å². The number of hydrogen-bond donors (Lipinski definition) is 0. The van der Waals surface area contributed by atoms with Crippen LogP contribution in [-0.4, -0.2) is 46.2 Å². The number of ether oxygens (including phenoxy) is 1. The van der Waals surface area contributed by atoms with Crippen molar-refractivity contribution in [3.8, 4) is 5.00 Å². The van der Waals surface area contributed by atoms with Gasteiger partial charge >= 0.3 is 5.97 Å². The third kappa shape index (κ3) is 4.23. The van der Waals surface area contributed by atoms with Gasteiger partial charge in [-0.3, -0.25) is 14.7 Å². The molecule has 0 bridgehead atoms. The second kappa shape index (κ2) is 9.44. The van der Waals surface area contributed by atoms with Crippen LogP contribution in [0.4, 0.5) is 0 Å². The van der Waals surface area contributed by atoms with Crippen molar-refractivity contribution in [2.45, 2.75) is 48.5 Å². The molecule has 0 aromatic carbocycles. The largest absolute Gasteiger partial charge is 0.462 e. The lowest BCUT2D eigenvalue weighted by atomic mass is 10.1. The lowest BCUT2D eigenvalue weighted by molar-refractivity contribution is -0.122. The molecule has 3 rings (SSSR count). The summed E-state index contributed by atoms with van der Waals surface area (Å²) in [4.78, 5) is 33.5. The summed E-state index contributed by atoms with van der Waals surface area (Å²) in [6.45, 7) is 15.3. The Bertz CT molecular complexity index is 1090. The fourth-order valence-corrected chi connectivity index (χ4v) is 5.99. The average molecular weight is 460 g/mol. The zero-order valence-electron chi connectivity index (χ0n) is 19.2. The highest BCUT2D eigenvalue weighted by Gasteiger charge is 2.32. The van der Waals surface area contributed by atoms with Crippen molar-refractivity contribution in [1.82, 2.24) is 9.47 Å². The van der Waals surface area contributed by atoms with Gasteiger partial charge < -0.3 is 9.30 Å².